The summed E-state index contributed by atoms with van der Waals surface area (Å²) in [6.07, 6.45) is 3.44. The molecule has 1 unspecified atom stereocenters. The summed E-state index contributed by atoms with van der Waals surface area (Å²) in [7, 11) is 0. The van der Waals surface area contributed by atoms with E-state index in [0.717, 1.165) is 53.7 Å². The van der Waals surface area contributed by atoms with Gasteiger partial charge in [0.2, 0.25) is 5.91 Å². The minimum Gasteiger partial charge on any atom is -0.326 e. The SMILES string of the molecule is CC(=O)N(c1nc(C[NH+]2CC=C(c3ccccc3)CC2)cs1)c1c(C)cccc1C. The molecule has 0 saturated heterocycles. The van der Waals surface area contributed by atoms with Crippen LogP contribution in [-0.4, -0.2) is 24.0 Å². The van der Waals surface area contributed by atoms with Crippen LogP contribution in [0.15, 0.2) is 60.0 Å². The van der Waals surface area contributed by atoms with Crippen molar-refractivity contribution in [2.75, 3.05) is 18.0 Å². The third-order valence-electron chi connectivity index (χ3n) is 5.67. The molecular weight excluding hydrogens is 390 g/mol. The Hall–Kier alpha value is -2.76. The number of amides is 1. The molecular formula is C25H28N3OS+. The number of hydrogen-bond donors (Lipinski definition) is 1. The lowest BCUT2D eigenvalue weighted by molar-refractivity contribution is -0.909. The molecule has 30 heavy (non-hydrogen) atoms. The Kier molecular flexibility index (Phi) is 6.11. The second-order valence-corrected chi connectivity index (χ2v) is 8.78. The predicted octanol–water partition coefficient (Wildman–Crippen LogP) is 4.32. The number of aryl methyl sites for hydroxylation is 2. The largest absolute Gasteiger partial charge is 0.326 e. The third-order valence-corrected chi connectivity index (χ3v) is 6.54. The first kappa shape index (κ1) is 20.5. The fourth-order valence-electron chi connectivity index (χ4n) is 4.14. The molecule has 2 aromatic carbocycles. The molecule has 1 aromatic heterocycles. The molecule has 0 spiro atoms. The number of aromatic nitrogens is 1. The first-order valence-corrected chi connectivity index (χ1v) is 11.3. The number of carbonyl (C=O) groups is 1. The van der Waals surface area contributed by atoms with Crippen molar-refractivity contribution in [3.8, 4) is 0 Å². The Morgan fingerprint density at radius 1 is 1.10 bits per heavy atom. The first-order valence-electron chi connectivity index (χ1n) is 10.4. The zero-order valence-electron chi connectivity index (χ0n) is 17.8. The average Bonchev–Trinajstić information content (AvgIpc) is 3.19. The van der Waals surface area contributed by atoms with Crippen molar-refractivity contribution in [1.82, 2.24) is 4.98 Å². The summed E-state index contributed by atoms with van der Waals surface area (Å²) in [5.41, 5.74) is 6.95. The van der Waals surface area contributed by atoms with Crippen LogP contribution in [0.25, 0.3) is 5.57 Å². The summed E-state index contributed by atoms with van der Waals surface area (Å²) in [5, 5.41) is 2.86. The highest BCUT2D eigenvalue weighted by Gasteiger charge is 2.23. The van der Waals surface area contributed by atoms with Crippen molar-refractivity contribution < 1.29 is 9.69 Å². The third kappa shape index (κ3) is 4.37. The highest BCUT2D eigenvalue weighted by Crippen LogP contribution is 2.33. The van der Waals surface area contributed by atoms with E-state index in [0.29, 0.717) is 0 Å². The van der Waals surface area contributed by atoms with Gasteiger partial charge in [0.25, 0.3) is 0 Å². The van der Waals surface area contributed by atoms with E-state index < -0.39 is 0 Å². The molecule has 5 heteroatoms. The van der Waals surface area contributed by atoms with Gasteiger partial charge in [0.15, 0.2) is 5.13 Å². The molecule has 1 N–H and O–H groups in total. The van der Waals surface area contributed by atoms with Gasteiger partial charge in [0.1, 0.15) is 12.2 Å². The molecule has 0 fully saturated rings. The van der Waals surface area contributed by atoms with Gasteiger partial charge in [-0.2, -0.15) is 0 Å². The number of quaternary nitrogens is 1. The molecule has 2 heterocycles. The maximum Gasteiger partial charge on any atom is 0.230 e. The van der Waals surface area contributed by atoms with E-state index in [2.05, 4.69) is 41.8 Å². The van der Waals surface area contributed by atoms with Gasteiger partial charge >= 0.3 is 0 Å². The molecule has 4 nitrogen and oxygen atoms in total. The van der Waals surface area contributed by atoms with Crippen LogP contribution in [-0.2, 0) is 11.3 Å². The van der Waals surface area contributed by atoms with Gasteiger partial charge in [-0.25, -0.2) is 4.98 Å². The van der Waals surface area contributed by atoms with Crippen LogP contribution in [0.4, 0.5) is 10.8 Å². The molecule has 3 aromatic rings. The highest BCUT2D eigenvalue weighted by atomic mass is 32.1. The number of rotatable bonds is 5. The minimum absolute atomic E-state index is 0.00550. The summed E-state index contributed by atoms with van der Waals surface area (Å²) in [4.78, 5) is 20.6. The van der Waals surface area contributed by atoms with Gasteiger partial charge in [0.05, 0.1) is 18.8 Å². The average molecular weight is 419 g/mol. The Morgan fingerprint density at radius 2 is 1.83 bits per heavy atom. The van der Waals surface area contributed by atoms with Crippen molar-refractivity contribution in [1.29, 1.82) is 0 Å². The van der Waals surface area contributed by atoms with Crippen molar-refractivity contribution >= 4 is 33.6 Å². The van der Waals surface area contributed by atoms with E-state index in [4.69, 9.17) is 4.98 Å². The van der Waals surface area contributed by atoms with Crippen molar-refractivity contribution in [3.05, 3.63) is 82.4 Å². The van der Waals surface area contributed by atoms with Crippen molar-refractivity contribution in [3.63, 3.8) is 0 Å². The van der Waals surface area contributed by atoms with Crippen molar-refractivity contribution in [2.24, 2.45) is 0 Å². The van der Waals surface area contributed by atoms with Crippen LogP contribution in [0.5, 0.6) is 0 Å². The molecule has 1 amide bonds. The van der Waals surface area contributed by atoms with Gasteiger partial charge in [-0.1, -0.05) is 48.5 Å². The second-order valence-electron chi connectivity index (χ2n) is 7.94. The van der Waals surface area contributed by atoms with E-state index in [1.165, 1.54) is 16.0 Å². The maximum atomic E-state index is 12.5. The van der Waals surface area contributed by atoms with Crippen LogP contribution in [0, 0.1) is 13.8 Å². The summed E-state index contributed by atoms with van der Waals surface area (Å²) >= 11 is 1.55. The maximum absolute atomic E-state index is 12.5. The zero-order valence-corrected chi connectivity index (χ0v) is 18.6. The smallest absolute Gasteiger partial charge is 0.230 e. The monoisotopic (exact) mass is 418 g/mol. The predicted molar refractivity (Wildman–Crippen MR) is 124 cm³/mol. The van der Waals surface area contributed by atoms with E-state index >= 15 is 0 Å². The molecule has 0 radical (unpaired) electrons. The van der Waals surface area contributed by atoms with Crippen LogP contribution in [0.3, 0.4) is 0 Å². The van der Waals surface area contributed by atoms with Gasteiger partial charge in [-0.05, 0) is 42.2 Å². The number of carbonyl (C=O) groups excluding carboxylic acids is 1. The Balaban J connectivity index is 1.49. The Labute approximate surface area is 182 Å². The first-order chi connectivity index (χ1) is 14.5. The minimum atomic E-state index is -0.00550. The molecule has 1 aliphatic rings. The van der Waals surface area contributed by atoms with Gasteiger partial charge in [-0.15, -0.1) is 11.3 Å². The fraction of sp³-hybridized carbons (Fsp3) is 0.280. The molecule has 0 saturated carbocycles. The molecule has 4 rings (SSSR count). The quantitative estimate of drug-likeness (QED) is 0.670. The van der Waals surface area contributed by atoms with E-state index in [-0.39, 0.29) is 5.91 Å². The molecule has 1 aliphatic heterocycles. The van der Waals surface area contributed by atoms with E-state index in [1.807, 2.05) is 32.0 Å². The topological polar surface area (TPSA) is 37.6 Å². The molecule has 154 valence electrons. The normalized spacial score (nSPS) is 16.2. The number of nitrogens with one attached hydrogen (secondary N) is 1. The number of anilines is 2. The van der Waals surface area contributed by atoms with Crippen molar-refractivity contribution in [2.45, 2.75) is 33.7 Å². The lowest BCUT2D eigenvalue weighted by Gasteiger charge is -2.23. The van der Waals surface area contributed by atoms with Crippen LogP contribution in [0.1, 0.15) is 35.7 Å². The Bertz CT molecular complexity index is 1050. The number of nitrogens with zero attached hydrogens (tertiary/aromatic N) is 2. The van der Waals surface area contributed by atoms with Crippen LogP contribution < -0.4 is 9.80 Å². The van der Waals surface area contributed by atoms with Gasteiger partial charge in [-0.3, -0.25) is 9.69 Å². The number of hydrogen-bond acceptors (Lipinski definition) is 3. The summed E-state index contributed by atoms with van der Waals surface area (Å²) in [6, 6.07) is 16.7. The standard InChI is InChI=1S/C25H27N3OS/c1-18-8-7-9-19(2)24(18)28(20(3)29)25-26-23(17-30-25)16-27-14-12-22(13-15-27)21-10-5-4-6-11-21/h4-12,17H,13-16H2,1-3H3/p+1. The lowest BCUT2D eigenvalue weighted by Crippen LogP contribution is -3.11. The molecule has 0 bridgehead atoms. The van der Waals surface area contributed by atoms with Crippen LogP contribution in [0.2, 0.25) is 0 Å². The van der Waals surface area contributed by atoms with Crippen LogP contribution >= 0.6 is 11.3 Å². The van der Waals surface area contributed by atoms with E-state index in [9.17, 15) is 4.79 Å². The lowest BCUT2D eigenvalue weighted by atomic mass is 9.99. The number of thiazole rings is 1. The zero-order chi connectivity index (χ0) is 21.1. The van der Waals surface area contributed by atoms with Gasteiger partial charge < -0.3 is 4.90 Å². The highest BCUT2D eigenvalue weighted by molar-refractivity contribution is 7.14. The number of para-hydroxylation sites is 1. The molecule has 0 aliphatic carbocycles. The molecule has 1 atom stereocenters. The second kappa shape index (κ2) is 8.94. The Morgan fingerprint density at radius 3 is 2.47 bits per heavy atom. The van der Waals surface area contributed by atoms with E-state index in [1.54, 1.807) is 23.2 Å². The summed E-state index contributed by atoms with van der Waals surface area (Å²) in [6.45, 7) is 8.68. The van der Waals surface area contributed by atoms with Gasteiger partial charge in [0, 0.05) is 18.7 Å². The summed E-state index contributed by atoms with van der Waals surface area (Å²) in [5.74, 6) is -0.00550. The number of benzene rings is 2. The fourth-order valence-corrected chi connectivity index (χ4v) is 5.01. The summed E-state index contributed by atoms with van der Waals surface area (Å²) < 4.78 is 0.